The fourth-order valence-electron chi connectivity index (χ4n) is 6.97. The van der Waals surface area contributed by atoms with Crippen molar-refractivity contribution in [2.45, 2.75) is 79.1 Å². The SMILES string of the molecule is C=C1C=CC(C)C(=C)C1CC1=Cc2cccc(-c3cc(C)cc(C)c3CC3CC(CCCC)C3)c2C1. The van der Waals surface area contributed by atoms with E-state index in [1.165, 1.54) is 88.6 Å². The number of fused-ring (bicyclic) bond motifs is 1. The molecule has 0 heterocycles. The molecule has 0 aliphatic heterocycles. The van der Waals surface area contributed by atoms with E-state index in [-0.39, 0.29) is 0 Å². The normalized spacial score (nSPS) is 25.1. The van der Waals surface area contributed by atoms with Gasteiger partial charge in [-0.05, 0) is 103 Å². The number of benzene rings is 2. The zero-order valence-corrected chi connectivity index (χ0v) is 23.0. The van der Waals surface area contributed by atoms with Crippen LogP contribution in [0.15, 0.2) is 72.4 Å². The number of allylic oxidation sites excluding steroid dienone is 5. The molecule has 188 valence electrons. The highest BCUT2D eigenvalue weighted by Crippen LogP contribution is 2.44. The van der Waals surface area contributed by atoms with Crippen molar-refractivity contribution in [2.24, 2.45) is 23.7 Å². The molecule has 0 nitrogen and oxygen atoms in total. The lowest BCUT2D eigenvalue weighted by Gasteiger charge is -2.36. The van der Waals surface area contributed by atoms with E-state index in [2.05, 4.69) is 89.4 Å². The van der Waals surface area contributed by atoms with Crippen molar-refractivity contribution in [1.29, 1.82) is 0 Å². The summed E-state index contributed by atoms with van der Waals surface area (Å²) in [5.41, 5.74) is 14.4. The van der Waals surface area contributed by atoms with E-state index >= 15 is 0 Å². The predicted octanol–water partition coefficient (Wildman–Crippen LogP) is 9.99. The minimum atomic E-state index is 0.366. The monoisotopic (exact) mass is 476 g/mol. The first-order chi connectivity index (χ1) is 17.3. The largest absolute Gasteiger partial charge is 0.0986 e. The fourth-order valence-corrected chi connectivity index (χ4v) is 6.97. The third-order valence-corrected chi connectivity index (χ3v) is 9.22. The maximum absolute atomic E-state index is 4.44. The van der Waals surface area contributed by atoms with Gasteiger partial charge in [-0.15, -0.1) is 0 Å². The Bertz CT molecular complexity index is 1230. The van der Waals surface area contributed by atoms with Gasteiger partial charge in [0, 0.05) is 5.92 Å². The number of unbranched alkanes of at least 4 members (excludes halogenated alkanes) is 1. The van der Waals surface area contributed by atoms with Gasteiger partial charge >= 0.3 is 0 Å². The van der Waals surface area contributed by atoms with Crippen LogP contribution < -0.4 is 0 Å². The average molecular weight is 477 g/mol. The maximum atomic E-state index is 4.44. The molecule has 2 atom stereocenters. The van der Waals surface area contributed by atoms with Crippen molar-refractivity contribution in [2.75, 3.05) is 0 Å². The molecular weight excluding hydrogens is 432 g/mol. The van der Waals surface area contributed by atoms with Gasteiger partial charge in [0.15, 0.2) is 0 Å². The van der Waals surface area contributed by atoms with Crippen molar-refractivity contribution < 1.29 is 0 Å². The summed E-state index contributed by atoms with van der Waals surface area (Å²) in [5, 5.41) is 0. The summed E-state index contributed by atoms with van der Waals surface area (Å²) in [6.45, 7) is 18.0. The zero-order chi connectivity index (χ0) is 25.4. The Morgan fingerprint density at radius 3 is 2.56 bits per heavy atom. The molecule has 1 fully saturated rings. The molecule has 2 aromatic rings. The number of hydrogen-bond acceptors (Lipinski definition) is 0. The molecule has 2 unspecified atom stereocenters. The molecule has 0 N–H and O–H groups in total. The van der Waals surface area contributed by atoms with Crippen LogP contribution in [0.3, 0.4) is 0 Å². The lowest BCUT2D eigenvalue weighted by molar-refractivity contribution is 0.178. The molecular formula is C36H44. The highest BCUT2D eigenvalue weighted by Gasteiger charge is 2.30. The highest BCUT2D eigenvalue weighted by molar-refractivity contribution is 5.80. The third kappa shape index (κ3) is 4.97. The van der Waals surface area contributed by atoms with Gasteiger partial charge in [0.1, 0.15) is 0 Å². The van der Waals surface area contributed by atoms with Gasteiger partial charge in [-0.25, -0.2) is 0 Å². The van der Waals surface area contributed by atoms with E-state index in [1.54, 1.807) is 5.56 Å². The van der Waals surface area contributed by atoms with Crippen LogP contribution >= 0.6 is 0 Å². The number of hydrogen-bond donors (Lipinski definition) is 0. The van der Waals surface area contributed by atoms with E-state index in [1.807, 2.05) is 0 Å². The van der Waals surface area contributed by atoms with Crippen LogP contribution in [0.2, 0.25) is 0 Å². The molecule has 0 aromatic heterocycles. The molecule has 0 saturated heterocycles. The minimum Gasteiger partial charge on any atom is -0.0986 e. The Kier molecular flexibility index (Phi) is 7.25. The van der Waals surface area contributed by atoms with E-state index in [0.29, 0.717) is 11.8 Å². The third-order valence-electron chi connectivity index (χ3n) is 9.22. The first kappa shape index (κ1) is 25.1. The van der Waals surface area contributed by atoms with Gasteiger partial charge in [-0.3, -0.25) is 0 Å². The fraction of sp³-hybridized carbons (Fsp3) is 0.444. The van der Waals surface area contributed by atoms with Crippen molar-refractivity contribution in [3.63, 3.8) is 0 Å². The van der Waals surface area contributed by atoms with Gasteiger partial charge in [0.2, 0.25) is 0 Å². The van der Waals surface area contributed by atoms with Gasteiger partial charge < -0.3 is 0 Å². The maximum Gasteiger partial charge on any atom is 0.00826 e. The summed E-state index contributed by atoms with van der Waals surface area (Å²) in [6, 6.07) is 11.8. The molecule has 1 saturated carbocycles. The Morgan fingerprint density at radius 2 is 1.78 bits per heavy atom. The Labute approximate surface area is 219 Å². The summed E-state index contributed by atoms with van der Waals surface area (Å²) < 4.78 is 0. The van der Waals surface area contributed by atoms with E-state index in [4.69, 9.17) is 0 Å². The molecule has 0 heteroatoms. The molecule has 0 radical (unpaired) electrons. The molecule has 0 bridgehead atoms. The molecule has 0 spiro atoms. The minimum absolute atomic E-state index is 0.366. The lowest BCUT2D eigenvalue weighted by Crippen LogP contribution is -2.25. The lowest BCUT2D eigenvalue weighted by atomic mass is 9.69. The summed E-state index contributed by atoms with van der Waals surface area (Å²) in [7, 11) is 0. The van der Waals surface area contributed by atoms with Gasteiger partial charge in [-0.2, -0.15) is 0 Å². The smallest absolute Gasteiger partial charge is 0.00826 e. The highest BCUT2D eigenvalue weighted by atomic mass is 14.4. The first-order valence-electron chi connectivity index (χ1n) is 14.3. The van der Waals surface area contributed by atoms with Crippen LogP contribution in [0.25, 0.3) is 17.2 Å². The second kappa shape index (κ2) is 10.4. The molecule has 0 amide bonds. The van der Waals surface area contributed by atoms with E-state index < -0.39 is 0 Å². The quantitative estimate of drug-likeness (QED) is 0.332. The summed E-state index contributed by atoms with van der Waals surface area (Å²) in [4.78, 5) is 0. The van der Waals surface area contributed by atoms with E-state index in [0.717, 1.165) is 24.7 Å². The summed E-state index contributed by atoms with van der Waals surface area (Å²) in [5.74, 6) is 2.63. The van der Waals surface area contributed by atoms with Gasteiger partial charge in [0.25, 0.3) is 0 Å². The first-order valence-corrected chi connectivity index (χ1v) is 14.3. The summed E-state index contributed by atoms with van der Waals surface area (Å²) in [6.07, 6.45) is 17.2. The topological polar surface area (TPSA) is 0 Å². The second-order valence-electron chi connectivity index (χ2n) is 12.1. The van der Waals surface area contributed by atoms with Crippen molar-refractivity contribution in [3.8, 4) is 11.1 Å². The zero-order valence-electron chi connectivity index (χ0n) is 23.0. The van der Waals surface area contributed by atoms with Crippen LogP contribution in [-0.4, -0.2) is 0 Å². The predicted molar refractivity (Wildman–Crippen MR) is 157 cm³/mol. The number of rotatable bonds is 8. The molecule has 3 aliphatic carbocycles. The Balaban J connectivity index is 1.38. The molecule has 5 rings (SSSR count). The van der Waals surface area contributed by atoms with Crippen molar-refractivity contribution in [3.05, 3.63) is 100 Å². The Hall–Kier alpha value is -2.60. The van der Waals surface area contributed by atoms with Gasteiger partial charge in [0.05, 0.1) is 0 Å². The van der Waals surface area contributed by atoms with Crippen LogP contribution in [0.4, 0.5) is 0 Å². The van der Waals surface area contributed by atoms with Crippen LogP contribution in [0, 0.1) is 37.5 Å². The van der Waals surface area contributed by atoms with Gasteiger partial charge in [-0.1, -0.05) is 112 Å². The molecule has 3 aliphatic rings. The Morgan fingerprint density at radius 1 is 0.972 bits per heavy atom. The average Bonchev–Trinajstić information content (AvgIpc) is 3.24. The molecule has 36 heavy (non-hydrogen) atoms. The summed E-state index contributed by atoms with van der Waals surface area (Å²) >= 11 is 0. The standard InChI is InChI=1S/C36H44/c1-7-8-10-28-17-29(18-28)21-34-26(5)15-23(2)16-36(34)32-12-9-11-31-19-30(22-35(31)32)20-33-25(4)14-13-24(3)27(33)6/h9,11-16,19,24,28-29,33H,4,6-8,10,17-18,20-22H2,1-3,5H3. The molecule has 2 aromatic carbocycles. The van der Waals surface area contributed by atoms with Crippen LogP contribution in [0.5, 0.6) is 0 Å². The van der Waals surface area contributed by atoms with Crippen molar-refractivity contribution in [1.82, 2.24) is 0 Å². The van der Waals surface area contributed by atoms with E-state index in [9.17, 15) is 0 Å². The number of aryl methyl sites for hydroxylation is 2. The van der Waals surface area contributed by atoms with Crippen LogP contribution in [-0.2, 0) is 12.8 Å². The van der Waals surface area contributed by atoms with Crippen molar-refractivity contribution >= 4 is 6.08 Å². The van der Waals surface area contributed by atoms with Crippen LogP contribution in [0.1, 0.15) is 80.2 Å². The second-order valence-corrected chi connectivity index (χ2v) is 12.1.